The first kappa shape index (κ1) is 22.1. The van der Waals surface area contributed by atoms with E-state index in [2.05, 4.69) is 20.0 Å². The van der Waals surface area contributed by atoms with E-state index in [1.807, 2.05) is 4.90 Å². The van der Waals surface area contributed by atoms with Gasteiger partial charge in [0.05, 0.1) is 5.92 Å². The molecule has 0 spiro atoms. The third-order valence-corrected chi connectivity index (χ3v) is 4.60. The van der Waals surface area contributed by atoms with Crippen LogP contribution in [0.2, 0.25) is 0 Å². The monoisotopic (exact) mass is 434 g/mol. The van der Waals surface area contributed by atoms with Crippen molar-refractivity contribution >= 4 is 23.7 Å². The van der Waals surface area contributed by atoms with E-state index in [9.17, 15) is 23.2 Å². The van der Waals surface area contributed by atoms with Crippen LogP contribution >= 0.6 is 0 Å². The molecule has 164 valence electrons. The van der Waals surface area contributed by atoms with Gasteiger partial charge in [-0.2, -0.15) is 8.78 Å². The summed E-state index contributed by atoms with van der Waals surface area (Å²) in [5.74, 6) is -1.92. The molecule has 2 aromatic rings. The van der Waals surface area contributed by atoms with Crippen molar-refractivity contribution in [1.82, 2.24) is 15.3 Å². The highest BCUT2D eigenvalue weighted by Gasteiger charge is 2.27. The first-order valence-corrected chi connectivity index (χ1v) is 9.50. The highest BCUT2D eigenvalue weighted by Crippen LogP contribution is 2.21. The number of rotatable bonds is 7. The quantitative estimate of drug-likeness (QED) is 0.657. The van der Waals surface area contributed by atoms with Crippen LogP contribution in [0.4, 0.5) is 14.7 Å². The van der Waals surface area contributed by atoms with Crippen molar-refractivity contribution < 1.29 is 32.6 Å². The van der Waals surface area contributed by atoms with Gasteiger partial charge < -0.3 is 14.4 Å². The lowest BCUT2D eigenvalue weighted by Gasteiger charge is -2.30. The predicted molar refractivity (Wildman–Crippen MR) is 103 cm³/mol. The average Bonchev–Trinajstić information content (AvgIpc) is 2.78. The molecule has 0 atom stereocenters. The molecule has 1 aliphatic heterocycles. The van der Waals surface area contributed by atoms with Crippen LogP contribution in [0.15, 0.2) is 42.7 Å². The summed E-state index contributed by atoms with van der Waals surface area (Å²) in [5.41, 5.74) is 0.0665. The van der Waals surface area contributed by atoms with Crippen LogP contribution in [-0.4, -0.2) is 54.1 Å². The number of ether oxygens (including phenoxy) is 2. The van der Waals surface area contributed by atoms with E-state index in [1.54, 1.807) is 18.5 Å². The summed E-state index contributed by atoms with van der Waals surface area (Å²) in [6, 6.07) is 6.55. The third-order valence-electron chi connectivity index (χ3n) is 4.60. The summed E-state index contributed by atoms with van der Waals surface area (Å²) in [6.45, 7) is -2.41. The topological polar surface area (TPSA) is 111 Å². The minimum atomic E-state index is -2.98. The Bertz CT molecular complexity index is 904. The molecule has 0 unspecified atom stereocenters. The van der Waals surface area contributed by atoms with Crippen LogP contribution < -0.4 is 15.0 Å². The second-order valence-corrected chi connectivity index (χ2v) is 6.70. The van der Waals surface area contributed by atoms with Crippen molar-refractivity contribution in [3.05, 3.63) is 48.3 Å². The molecule has 31 heavy (non-hydrogen) atoms. The molecule has 1 aliphatic rings. The number of hydrogen-bond donors (Lipinski definition) is 1. The van der Waals surface area contributed by atoms with Gasteiger partial charge in [0.1, 0.15) is 5.75 Å². The Morgan fingerprint density at radius 3 is 2.35 bits per heavy atom. The Hall–Kier alpha value is -3.63. The van der Waals surface area contributed by atoms with Gasteiger partial charge in [-0.3, -0.25) is 19.7 Å². The average molecular weight is 434 g/mol. The zero-order valence-corrected chi connectivity index (χ0v) is 16.4. The normalized spacial score (nSPS) is 14.2. The highest BCUT2D eigenvalue weighted by atomic mass is 19.3. The number of halogens is 2. The maximum absolute atomic E-state index is 12.2. The fourth-order valence-corrected chi connectivity index (χ4v) is 3.05. The number of amides is 2. The second-order valence-electron chi connectivity index (χ2n) is 6.70. The number of piperidine rings is 1. The molecule has 9 nitrogen and oxygen atoms in total. The van der Waals surface area contributed by atoms with Crippen LogP contribution in [-0.2, 0) is 14.3 Å². The standard InChI is InChI=1S/C20H20F2N4O5/c21-19(22)31-15-4-2-13(3-5-15)17(28)25-16(27)12-30-18(29)14-6-10-26(11-7-14)20-23-8-1-9-24-20/h1-5,8-9,14,19H,6-7,10-12H2,(H,25,27,28). The largest absolute Gasteiger partial charge is 0.455 e. The van der Waals surface area contributed by atoms with Gasteiger partial charge in [-0.05, 0) is 43.2 Å². The lowest BCUT2D eigenvalue weighted by Crippen LogP contribution is -2.39. The van der Waals surface area contributed by atoms with Gasteiger partial charge in [-0.1, -0.05) is 0 Å². The molecular formula is C20H20F2N4O5. The predicted octanol–water partition coefficient (Wildman–Crippen LogP) is 1.79. The number of esters is 1. The van der Waals surface area contributed by atoms with Gasteiger partial charge in [-0.25, -0.2) is 9.97 Å². The third kappa shape index (κ3) is 6.43. The van der Waals surface area contributed by atoms with E-state index in [0.717, 1.165) is 0 Å². The molecule has 0 saturated carbocycles. The fourth-order valence-electron chi connectivity index (χ4n) is 3.05. The van der Waals surface area contributed by atoms with E-state index in [0.29, 0.717) is 31.9 Å². The van der Waals surface area contributed by atoms with Crippen molar-refractivity contribution in [2.45, 2.75) is 19.5 Å². The number of imide groups is 1. The van der Waals surface area contributed by atoms with Crippen molar-refractivity contribution in [2.75, 3.05) is 24.6 Å². The summed E-state index contributed by atoms with van der Waals surface area (Å²) in [6.07, 6.45) is 4.36. The lowest BCUT2D eigenvalue weighted by molar-refractivity contribution is -0.153. The van der Waals surface area contributed by atoms with E-state index in [-0.39, 0.29) is 17.2 Å². The van der Waals surface area contributed by atoms with Crippen molar-refractivity contribution in [3.8, 4) is 5.75 Å². The Kier molecular flexibility index (Phi) is 7.41. The summed E-state index contributed by atoms with van der Waals surface area (Å²) < 4.78 is 33.5. The SMILES string of the molecule is O=C(COC(=O)C1CCN(c2ncccn2)CC1)NC(=O)c1ccc(OC(F)F)cc1. The van der Waals surface area contributed by atoms with Crippen LogP contribution in [0.5, 0.6) is 5.75 Å². The zero-order chi connectivity index (χ0) is 22.2. The van der Waals surface area contributed by atoms with Crippen LogP contribution in [0.25, 0.3) is 0 Å². The Labute approximate surface area is 176 Å². The van der Waals surface area contributed by atoms with Crippen molar-refractivity contribution in [2.24, 2.45) is 5.92 Å². The molecule has 0 radical (unpaired) electrons. The molecule has 1 aromatic carbocycles. The lowest BCUT2D eigenvalue weighted by atomic mass is 9.97. The van der Waals surface area contributed by atoms with Gasteiger partial charge >= 0.3 is 12.6 Å². The molecule has 1 fully saturated rings. The highest BCUT2D eigenvalue weighted by molar-refractivity contribution is 6.05. The van der Waals surface area contributed by atoms with E-state index >= 15 is 0 Å². The van der Waals surface area contributed by atoms with Crippen LogP contribution in [0.3, 0.4) is 0 Å². The van der Waals surface area contributed by atoms with Crippen LogP contribution in [0, 0.1) is 5.92 Å². The summed E-state index contributed by atoms with van der Waals surface area (Å²) >= 11 is 0. The van der Waals surface area contributed by atoms with E-state index < -0.39 is 31.0 Å². The molecule has 2 amide bonds. The van der Waals surface area contributed by atoms with E-state index in [1.165, 1.54) is 24.3 Å². The number of benzene rings is 1. The number of alkyl halides is 2. The molecule has 0 aliphatic carbocycles. The Morgan fingerprint density at radius 2 is 1.74 bits per heavy atom. The molecule has 1 saturated heterocycles. The molecule has 2 heterocycles. The van der Waals surface area contributed by atoms with E-state index in [4.69, 9.17) is 4.74 Å². The zero-order valence-electron chi connectivity index (χ0n) is 16.4. The molecular weight excluding hydrogens is 414 g/mol. The fraction of sp³-hybridized carbons (Fsp3) is 0.350. The molecule has 0 bridgehead atoms. The Balaban J connectivity index is 1.40. The Morgan fingerprint density at radius 1 is 1.10 bits per heavy atom. The summed E-state index contributed by atoms with van der Waals surface area (Å²) in [4.78, 5) is 46.5. The molecule has 1 N–H and O–H groups in total. The number of aromatic nitrogens is 2. The summed E-state index contributed by atoms with van der Waals surface area (Å²) in [5, 5.41) is 2.07. The smallest absolute Gasteiger partial charge is 0.387 e. The first-order chi connectivity index (χ1) is 14.9. The van der Waals surface area contributed by atoms with Gasteiger partial charge in [-0.15, -0.1) is 0 Å². The molecule has 1 aromatic heterocycles. The number of nitrogens with zero attached hydrogens (tertiary/aromatic N) is 3. The van der Waals surface area contributed by atoms with Crippen LogP contribution in [0.1, 0.15) is 23.2 Å². The molecule has 11 heteroatoms. The van der Waals surface area contributed by atoms with Crippen molar-refractivity contribution in [1.29, 1.82) is 0 Å². The van der Waals surface area contributed by atoms with Gasteiger partial charge in [0.15, 0.2) is 6.61 Å². The maximum atomic E-state index is 12.2. The number of carbonyl (C=O) groups is 3. The van der Waals surface area contributed by atoms with Gasteiger partial charge in [0.25, 0.3) is 11.8 Å². The first-order valence-electron chi connectivity index (χ1n) is 9.50. The maximum Gasteiger partial charge on any atom is 0.387 e. The number of hydrogen-bond acceptors (Lipinski definition) is 8. The molecule has 3 rings (SSSR count). The van der Waals surface area contributed by atoms with Crippen molar-refractivity contribution in [3.63, 3.8) is 0 Å². The minimum Gasteiger partial charge on any atom is -0.455 e. The minimum absolute atomic E-state index is 0.0665. The number of anilines is 1. The van der Waals surface area contributed by atoms with Gasteiger partial charge in [0, 0.05) is 31.0 Å². The summed E-state index contributed by atoms with van der Waals surface area (Å²) in [7, 11) is 0. The van der Waals surface area contributed by atoms with Gasteiger partial charge in [0.2, 0.25) is 5.95 Å². The second kappa shape index (κ2) is 10.4. The number of carbonyl (C=O) groups excluding carboxylic acids is 3. The number of nitrogens with one attached hydrogen (secondary N) is 1.